The van der Waals surface area contributed by atoms with E-state index in [1.54, 1.807) is 6.33 Å². The first-order valence-electron chi connectivity index (χ1n) is 7.12. The van der Waals surface area contributed by atoms with Gasteiger partial charge in [-0.05, 0) is 31.2 Å². The number of anilines is 2. The van der Waals surface area contributed by atoms with Gasteiger partial charge in [0.2, 0.25) is 0 Å². The van der Waals surface area contributed by atoms with E-state index in [1.165, 1.54) is 19.3 Å². The highest BCUT2D eigenvalue weighted by molar-refractivity contribution is 5.48. The minimum Gasteiger partial charge on any atom is -0.369 e. The molecule has 2 rings (SSSR count). The summed E-state index contributed by atoms with van der Waals surface area (Å²) in [5.41, 5.74) is 5.82. The highest BCUT2D eigenvalue weighted by Crippen LogP contribution is 2.20. The molecular weight excluding hydrogens is 238 g/mol. The molecule has 0 bridgehead atoms. The number of aromatic nitrogens is 2. The van der Waals surface area contributed by atoms with E-state index >= 15 is 0 Å². The van der Waals surface area contributed by atoms with Crippen molar-refractivity contribution >= 4 is 11.6 Å². The molecule has 1 aliphatic rings. The number of hydrogen-bond acceptors (Lipinski definition) is 5. The zero-order chi connectivity index (χ0) is 13.7. The molecule has 1 aliphatic heterocycles. The molecule has 0 aromatic carbocycles. The van der Waals surface area contributed by atoms with Crippen LogP contribution in [-0.4, -0.2) is 36.1 Å². The lowest BCUT2D eigenvalue weighted by atomic mass is 9.94. The monoisotopic (exact) mass is 263 g/mol. The predicted molar refractivity (Wildman–Crippen MR) is 79.4 cm³/mol. The van der Waals surface area contributed by atoms with Gasteiger partial charge in [-0.1, -0.05) is 13.8 Å². The number of hydrogen-bond donors (Lipinski definition) is 2. The van der Waals surface area contributed by atoms with Crippen molar-refractivity contribution in [2.24, 2.45) is 11.1 Å². The summed E-state index contributed by atoms with van der Waals surface area (Å²) in [6, 6.07) is 2.04. The van der Waals surface area contributed by atoms with Crippen molar-refractivity contribution in [2.75, 3.05) is 36.4 Å². The fraction of sp³-hybridized carbons (Fsp3) is 0.714. The van der Waals surface area contributed by atoms with Crippen LogP contribution in [-0.2, 0) is 0 Å². The molecule has 0 radical (unpaired) electrons. The van der Waals surface area contributed by atoms with E-state index < -0.39 is 0 Å². The summed E-state index contributed by atoms with van der Waals surface area (Å²) in [5, 5.41) is 3.36. The molecule has 106 valence electrons. The van der Waals surface area contributed by atoms with E-state index in [-0.39, 0.29) is 5.41 Å². The molecule has 2 heterocycles. The van der Waals surface area contributed by atoms with Gasteiger partial charge in [0, 0.05) is 25.7 Å². The molecule has 0 unspecified atom stereocenters. The van der Waals surface area contributed by atoms with E-state index in [1.807, 2.05) is 6.07 Å². The quantitative estimate of drug-likeness (QED) is 0.849. The lowest BCUT2D eigenvalue weighted by molar-refractivity contribution is 0.405. The van der Waals surface area contributed by atoms with Gasteiger partial charge in [0.05, 0.1) is 0 Å². The lowest BCUT2D eigenvalue weighted by Gasteiger charge is -2.28. The van der Waals surface area contributed by atoms with Crippen LogP contribution in [0.15, 0.2) is 12.4 Å². The van der Waals surface area contributed by atoms with Crippen LogP contribution in [0.25, 0.3) is 0 Å². The van der Waals surface area contributed by atoms with Crippen LogP contribution >= 0.6 is 0 Å². The van der Waals surface area contributed by atoms with Crippen LogP contribution in [0.5, 0.6) is 0 Å². The molecular formula is C14H25N5. The topological polar surface area (TPSA) is 67.1 Å². The maximum absolute atomic E-state index is 5.74. The molecule has 3 N–H and O–H groups in total. The van der Waals surface area contributed by atoms with Crippen LogP contribution in [0.3, 0.4) is 0 Å². The van der Waals surface area contributed by atoms with Crippen LogP contribution in [0.1, 0.15) is 33.1 Å². The standard InChI is InChI=1S/C14H25N5/c1-14(2,9-15)10-16-12-8-13(18-11-17-12)19-6-4-3-5-7-19/h8,11H,3-7,9-10,15H2,1-2H3,(H,16,17,18). The largest absolute Gasteiger partial charge is 0.369 e. The zero-order valence-electron chi connectivity index (χ0n) is 12.0. The van der Waals surface area contributed by atoms with Gasteiger partial charge in [0.15, 0.2) is 0 Å². The van der Waals surface area contributed by atoms with Crippen molar-refractivity contribution in [1.82, 2.24) is 9.97 Å². The Kier molecular flexibility index (Phi) is 4.58. The van der Waals surface area contributed by atoms with Crippen molar-refractivity contribution in [1.29, 1.82) is 0 Å². The van der Waals surface area contributed by atoms with E-state index in [0.717, 1.165) is 31.3 Å². The Hall–Kier alpha value is -1.36. The fourth-order valence-corrected chi connectivity index (χ4v) is 2.14. The van der Waals surface area contributed by atoms with Gasteiger partial charge in [-0.15, -0.1) is 0 Å². The van der Waals surface area contributed by atoms with Gasteiger partial charge in [0.25, 0.3) is 0 Å². The molecule has 0 amide bonds. The molecule has 5 heteroatoms. The smallest absolute Gasteiger partial charge is 0.134 e. The number of nitrogens with zero attached hydrogens (tertiary/aromatic N) is 3. The Bertz CT molecular complexity index is 399. The third-order valence-corrected chi connectivity index (χ3v) is 3.63. The molecule has 0 aliphatic carbocycles. The van der Waals surface area contributed by atoms with E-state index in [2.05, 4.69) is 34.0 Å². The van der Waals surface area contributed by atoms with Crippen molar-refractivity contribution in [2.45, 2.75) is 33.1 Å². The Morgan fingerprint density at radius 3 is 2.68 bits per heavy atom. The average Bonchev–Trinajstić information content (AvgIpc) is 2.47. The summed E-state index contributed by atoms with van der Waals surface area (Å²) >= 11 is 0. The van der Waals surface area contributed by atoms with Crippen molar-refractivity contribution in [3.8, 4) is 0 Å². The highest BCUT2D eigenvalue weighted by Gasteiger charge is 2.16. The van der Waals surface area contributed by atoms with Gasteiger partial charge in [-0.25, -0.2) is 9.97 Å². The first-order chi connectivity index (χ1) is 9.11. The van der Waals surface area contributed by atoms with Gasteiger partial charge >= 0.3 is 0 Å². The van der Waals surface area contributed by atoms with Crippen LogP contribution < -0.4 is 16.0 Å². The van der Waals surface area contributed by atoms with Crippen LogP contribution in [0.2, 0.25) is 0 Å². The second-order valence-electron chi connectivity index (χ2n) is 6.03. The van der Waals surface area contributed by atoms with Gasteiger partial charge in [-0.2, -0.15) is 0 Å². The Balaban J connectivity index is 1.98. The third-order valence-electron chi connectivity index (χ3n) is 3.63. The molecule has 1 aromatic heterocycles. The van der Waals surface area contributed by atoms with E-state index in [9.17, 15) is 0 Å². The highest BCUT2D eigenvalue weighted by atomic mass is 15.2. The van der Waals surface area contributed by atoms with Crippen LogP contribution in [0, 0.1) is 5.41 Å². The number of nitrogens with one attached hydrogen (secondary N) is 1. The van der Waals surface area contributed by atoms with Crippen LogP contribution in [0.4, 0.5) is 11.6 Å². The summed E-state index contributed by atoms with van der Waals surface area (Å²) in [6.07, 6.45) is 5.49. The van der Waals surface area contributed by atoms with Gasteiger partial charge in [-0.3, -0.25) is 0 Å². The van der Waals surface area contributed by atoms with Gasteiger partial charge in [0.1, 0.15) is 18.0 Å². The molecule has 19 heavy (non-hydrogen) atoms. The summed E-state index contributed by atoms with van der Waals surface area (Å²) in [4.78, 5) is 11.0. The molecule has 0 atom stereocenters. The van der Waals surface area contributed by atoms with E-state index in [4.69, 9.17) is 5.73 Å². The maximum Gasteiger partial charge on any atom is 0.134 e. The summed E-state index contributed by atoms with van der Waals surface area (Å²) in [6.45, 7) is 7.97. The SMILES string of the molecule is CC(C)(CN)CNc1cc(N2CCCCC2)ncn1. The molecule has 1 fully saturated rings. The maximum atomic E-state index is 5.74. The zero-order valence-corrected chi connectivity index (χ0v) is 12.0. The Morgan fingerprint density at radius 1 is 1.26 bits per heavy atom. The number of piperidine rings is 1. The molecule has 5 nitrogen and oxygen atoms in total. The summed E-state index contributed by atoms with van der Waals surface area (Å²) in [5.74, 6) is 1.92. The normalized spacial score (nSPS) is 16.5. The molecule has 1 saturated heterocycles. The Morgan fingerprint density at radius 2 is 2.00 bits per heavy atom. The summed E-state index contributed by atoms with van der Waals surface area (Å²) < 4.78 is 0. The minimum atomic E-state index is 0.0796. The number of nitrogens with two attached hydrogens (primary N) is 1. The molecule has 0 spiro atoms. The minimum absolute atomic E-state index is 0.0796. The average molecular weight is 263 g/mol. The van der Waals surface area contributed by atoms with E-state index in [0.29, 0.717) is 6.54 Å². The van der Waals surface area contributed by atoms with Crippen molar-refractivity contribution in [3.05, 3.63) is 12.4 Å². The van der Waals surface area contributed by atoms with Crippen molar-refractivity contribution < 1.29 is 0 Å². The van der Waals surface area contributed by atoms with Gasteiger partial charge < -0.3 is 16.0 Å². The summed E-state index contributed by atoms with van der Waals surface area (Å²) in [7, 11) is 0. The van der Waals surface area contributed by atoms with Crippen molar-refractivity contribution in [3.63, 3.8) is 0 Å². The Labute approximate surface area is 115 Å². The third kappa shape index (κ3) is 4.06. The predicted octanol–water partition coefficient (Wildman–Crippen LogP) is 1.86. The second kappa shape index (κ2) is 6.19. The lowest BCUT2D eigenvalue weighted by Crippen LogP contribution is -2.32. The second-order valence-corrected chi connectivity index (χ2v) is 6.03. The fourth-order valence-electron chi connectivity index (χ4n) is 2.14. The molecule has 0 saturated carbocycles. The first-order valence-corrected chi connectivity index (χ1v) is 7.12. The molecule has 1 aromatic rings. The number of rotatable bonds is 5. The first kappa shape index (κ1) is 14.1.